The van der Waals surface area contributed by atoms with E-state index in [0.717, 1.165) is 0 Å². The topological polar surface area (TPSA) is 299 Å². The van der Waals surface area contributed by atoms with Crippen LogP contribution in [0.15, 0.2) is 85.1 Å². The van der Waals surface area contributed by atoms with E-state index in [1.165, 1.54) is 0 Å². The van der Waals surface area contributed by atoms with Crippen LogP contribution in [-0.2, 0) is 28.5 Å². The number of esters is 1. The van der Waals surface area contributed by atoms with Gasteiger partial charge in [0, 0.05) is 37.5 Å². The Kier molecular flexibility index (Phi) is 23.6. The van der Waals surface area contributed by atoms with Crippen LogP contribution in [0.4, 0.5) is 0 Å². The number of allylic oxidation sites excluding steroid dienone is 12. The Balaban J connectivity index is 1.83. The predicted octanol–water partition coefficient (Wildman–Crippen LogP) is 0.826. The van der Waals surface area contributed by atoms with Gasteiger partial charge in [-0.1, -0.05) is 98.9 Å². The van der Waals surface area contributed by atoms with Crippen molar-refractivity contribution in [3.05, 3.63) is 85.1 Å². The average Bonchev–Trinajstić information content (AvgIpc) is 3.22. The van der Waals surface area contributed by atoms with E-state index in [1.807, 2.05) is 43.4 Å². The summed E-state index contributed by atoms with van der Waals surface area (Å²) in [5, 5.41) is 108. The number of aliphatic hydroxyl groups excluding tert-OH is 9. The fourth-order valence-electron chi connectivity index (χ4n) is 7.85. The molecule has 0 amide bonds. The maximum Gasteiger partial charge on any atom is 0.308 e. The summed E-state index contributed by atoms with van der Waals surface area (Å²) < 4.78 is 23.3. The van der Waals surface area contributed by atoms with E-state index in [4.69, 9.17) is 24.7 Å². The molecular weight excluding hydrogens is 835 g/mol. The van der Waals surface area contributed by atoms with E-state index in [-0.39, 0.29) is 31.6 Å². The molecule has 0 radical (unpaired) electrons. The highest BCUT2D eigenvalue weighted by Gasteiger charge is 2.48. The maximum atomic E-state index is 12.6. The molecule has 3 aliphatic rings. The number of cyclic esters (lactones) is 1. The lowest BCUT2D eigenvalue weighted by Crippen LogP contribution is -2.61. The average molecular weight is 908 g/mol. The largest absolute Gasteiger partial charge is 0.462 e. The molecule has 3 heterocycles. The molecule has 3 rings (SSSR count). The number of rotatable bonds is 3. The molecular formula is C47H73NO16. The molecule has 0 saturated carbocycles. The SMILES string of the molecule is C[C@@H]1[C@H](O)[C@@H](C)/C=C/C=C/C=C/C=C/C=C/C=C/C=C/[C@H](O[C@H]2O[C@@H](C)[C@@H](O)[C@H](N)[C@@H]2O)C[C@@H]2O[C@](O)(C[C@@H](O)C[C@@H](O)[C@H](O)CC[C@@H](O)C[C@@H](O)CC(=O)O[C@H]1C)C[C@H](O)[C@H]2C=O. The summed E-state index contributed by atoms with van der Waals surface area (Å²) in [6.45, 7) is 6.80. The zero-order valence-corrected chi connectivity index (χ0v) is 37.2. The van der Waals surface area contributed by atoms with Gasteiger partial charge in [-0.2, -0.15) is 0 Å². The lowest BCUT2D eigenvalue weighted by atomic mass is 9.83. The van der Waals surface area contributed by atoms with E-state index >= 15 is 0 Å². The van der Waals surface area contributed by atoms with Gasteiger partial charge in [0.1, 0.15) is 18.5 Å². The Morgan fingerprint density at radius 1 is 0.656 bits per heavy atom. The Morgan fingerprint density at radius 2 is 1.23 bits per heavy atom. The van der Waals surface area contributed by atoms with Crippen LogP contribution in [0.2, 0.25) is 0 Å². The number of carbonyl (C=O) groups excluding carboxylic acids is 2. The minimum Gasteiger partial charge on any atom is -0.462 e. The summed E-state index contributed by atoms with van der Waals surface area (Å²) in [5.74, 6) is -4.79. The van der Waals surface area contributed by atoms with Crippen LogP contribution < -0.4 is 5.73 Å². The molecule has 17 heteroatoms. The van der Waals surface area contributed by atoms with Gasteiger partial charge in [0.25, 0.3) is 0 Å². The van der Waals surface area contributed by atoms with E-state index < -0.39 is 141 Å². The Bertz CT molecular complexity index is 1620. The van der Waals surface area contributed by atoms with Gasteiger partial charge in [-0.3, -0.25) is 4.79 Å². The molecule has 0 aromatic rings. The number of carbonyl (C=O) groups is 2. The molecule has 2 saturated heterocycles. The minimum atomic E-state index is -2.21. The quantitative estimate of drug-likeness (QED) is 0.138. The fourth-order valence-corrected chi connectivity index (χ4v) is 7.85. The predicted molar refractivity (Wildman–Crippen MR) is 235 cm³/mol. The molecule has 12 N–H and O–H groups in total. The second kappa shape index (κ2) is 27.4. The highest BCUT2D eigenvalue weighted by molar-refractivity contribution is 5.70. The summed E-state index contributed by atoms with van der Waals surface area (Å²) in [5.41, 5.74) is 6.03. The van der Waals surface area contributed by atoms with Gasteiger partial charge in [-0.05, 0) is 33.1 Å². The number of aliphatic hydroxyl groups is 10. The standard InChI is InChI=1S/C47H73NO16/c1-28-17-15-13-11-9-7-5-6-8-10-12-14-16-18-35(63-46-45(59)42(48)44(58)31(4)62-46)24-40-36(27-49)39(55)26-47(60,64-40)25-34(52)22-38(54)37(53)20-19-32(50)21-33(51)23-41(56)61-30(3)29(2)43(28)57/h5-18,27-40,42-46,50-55,57-60H,19-26,48H2,1-4H3/b6-5+,9-7+,10-8+,13-11+,14-12+,17-15+,18-16+/t28-,29-,30-,31-,32+,33+,34-,35-,36+,37+,38+,39-,40-,42-,43+,44+,45-,46+,47+/m0/s1. The molecule has 19 atom stereocenters. The van der Waals surface area contributed by atoms with E-state index in [0.29, 0.717) is 6.29 Å². The summed E-state index contributed by atoms with van der Waals surface area (Å²) in [6.07, 6.45) is 5.88. The second-order valence-electron chi connectivity index (χ2n) is 17.4. The Morgan fingerprint density at radius 3 is 1.83 bits per heavy atom. The third kappa shape index (κ3) is 18.2. The molecule has 3 aliphatic heterocycles. The molecule has 0 aromatic heterocycles. The molecule has 0 aliphatic carbocycles. The van der Waals surface area contributed by atoms with Gasteiger partial charge < -0.3 is 80.5 Å². The molecule has 0 spiro atoms. The number of fused-ring (bicyclic) bond motifs is 2. The van der Waals surface area contributed by atoms with Crippen molar-refractivity contribution in [1.82, 2.24) is 0 Å². The van der Waals surface area contributed by atoms with Crippen LogP contribution in [0.1, 0.15) is 79.1 Å². The Hall–Kier alpha value is -3.24. The zero-order valence-electron chi connectivity index (χ0n) is 37.2. The van der Waals surface area contributed by atoms with Crippen molar-refractivity contribution in [3.8, 4) is 0 Å². The van der Waals surface area contributed by atoms with Crippen molar-refractivity contribution in [2.75, 3.05) is 0 Å². The van der Waals surface area contributed by atoms with Crippen molar-refractivity contribution in [1.29, 1.82) is 0 Å². The zero-order chi connectivity index (χ0) is 47.6. The van der Waals surface area contributed by atoms with Gasteiger partial charge in [0.2, 0.25) is 0 Å². The lowest BCUT2D eigenvalue weighted by Gasteiger charge is -2.45. The van der Waals surface area contributed by atoms with Crippen molar-refractivity contribution in [2.24, 2.45) is 23.5 Å². The van der Waals surface area contributed by atoms with Crippen LogP contribution in [0, 0.1) is 17.8 Å². The lowest BCUT2D eigenvalue weighted by molar-refractivity contribution is -0.306. The Labute approximate surface area is 376 Å². The van der Waals surface area contributed by atoms with Crippen LogP contribution in [0.5, 0.6) is 0 Å². The van der Waals surface area contributed by atoms with Crippen molar-refractivity contribution in [3.63, 3.8) is 0 Å². The van der Waals surface area contributed by atoms with Gasteiger partial charge in [0.15, 0.2) is 12.1 Å². The minimum absolute atomic E-state index is 0.0828. The highest BCUT2D eigenvalue weighted by Crippen LogP contribution is 2.37. The van der Waals surface area contributed by atoms with Crippen molar-refractivity contribution >= 4 is 12.3 Å². The van der Waals surface area contributed by atoms with Crippen molar-refractivity contribution in [2.45, 2.75) is 177 Å². The molecule has 17 nitrogen and oxygen atoms in total. The van der Waals surface area contributed by atoms with Gasteiger partial charge in [-0.25, -0.2) is 0 Å². The van der Waals surface area contributed by atoms with Crippen LogP contribution in [0.25, 0.3) is 0 Å². The van der Waals surface area contributed by atoms with Gasteiger partial charge in [0.05, 0.1) is 85.5 Å². The molecule has 362 valence electrons. The second-order valence-corrected chi connectivity index (χ2v) is 17.4. The number of nitrogens with two attached hydrogens (primary N) is 1. The summed E-state index contributed by atoms with van der Waals surface area (Å²) >= 11 is 0. The van der Waals surface area contributed by atoms with Gasteiger partial charge in [-0.15, -0.1) is 0 Å². The van der Waals surface area contributed by atoms with Gasteiger partial charge >= 0.3 is 5.97 Å². The van der Waals surface area contributed by atoms with Crippen molar-refractivity contribution < 1.29 is 79.6 Å². The highest BCUT2D eigenvalue weighted by atomic mass is 16.7. The third-order valence-corrected chi connectivity index (χ3v) is 12.0. The number of hydrogen-bond donors (Lipinski definition) is 11. The number of ether oxygens (including phenoxy) is 4. The maximum absolute atomic E-state index is 12.6. The monoisotopic (exact) mass is 907 g/mol. The van der Waals surface area contributed by atoms with E-state index in [1.54, 1.807) is 69.4 Å². The van der Waals surface area contributed by atoms with Crippen LogP contribution in [-0.4, -0.2) is 161 Å². The third-order valence-electron chi connectivity index (χ3n) is 12.0. The molecule has 2 bridgehead atoms. The van der Waals surface area contributed by atoms with E-state index in [2.05, 4.69) is 0 Å². The van der Waals surface area contributed by atoms with E-state index in [9.17, 15) is 60.7 Å². The normalized spacial score (nSPS) is 46.0. The smallest absolute Gasteiger partial charge is 0.308 e. The first-order chi connectivity index (χ1) is 30.2. The molecule has 0 unspecified atom stereocenters. The first-order valence-electron chi connectivity index (χ1n) is 22.2. The first-order valence-corrected chi connectivity index (χ1v) is 22.2. The molecule has 0 aromatic carbocycles. The summed E-state index contributed by atoms with van der Waals surface area (Å²) in [6, 6.07) is -1.11. The summed E-state index contributed by atoms with van der Waals surface area (Å²) in [4.78, 5) is 24.9. The van der Waals surface area contributed by atoms with Crippen LogP contribution in [0.3, 0.4) is 0 Å². The molecule has 2 fully saturated rings. The number of aldehydes is 1. The molecule has 64 heavy (non-hydrogen) atoms. The van der Waals surface area contributed by atoms with Crippen LogP contribution >= 0.6 is 0 Å². The summed E-state index contributed by atoms with van der Waals surface area (Å²) in [7, 11) is 0. The first kappa shape index (κ1) is 55.1. The number of hydrogen-bond acceptors (Lipinski definition) is 17. The fraction of sp³-hybridized carbons (Fsp3) is 0.660.